The highest BCUT2D eigenvalue weighted by atomic mass is 19.1. The second kappa shape index (κ2) is 5.54. The van der Waals surface area contributed by atoms with Gasteiger partial charge in [0.25, 0.3) is 5.91 Å². The number of nitrogens with one attached hydrogen (secondary N) is 2. The van der Waals surface area contributed by atoms with Crippen molar-refractivity contribution in [1.82, 2.24) is 5.32 Å². The molecule has 0 saturated heterocycles. The monoisotopic (exact) mass is 285 g/mol. The zero-order chi connectivity index (χ0) is 14.8. The number of fused-ring (bicyclic) bond motifs is 1. The van der Waals surface area contributed by atoms with Crippen LogP contribution in [0.5, 0.6) is 0 Å². The van der Waals surface area contributed by atoms with E-state index in [1.807, 2.05) is 12.1 Å². The van der Waals surface area contributed by atoms with Gasteiger partial charge in [-0.25, -0.2) is 4.39 Å². The number of nitrogens with two attached hydrogens (primary N) is 1. The van der Waals surface area contributed by atoms with Crippen LogP contribution < -0.4 is 16.4 Å². The number of carbonyl (C=O) groups is 1. The summed E-state index contributed by atoms with van der Waals surface area (Å²) in [5.41, 5.74) is 9.38. The first kappa shape index (κ1) is 13.6. The summed E-state index contributed by atoms with van der Waals surface area (Å²) < 4.78 is 13.3. The molecule has 5 heteroatoms. The Hall–Kier alpha value is -2.40. The molecule has 0 aliphatic carbocycles. The van der Waals surface area contributed by atoms with Crippen LogP contribution in [0.3, 0.4) is 0 Å². The minimum Gasteiger partial charge on any atom is -0.366 e. The fourth-order valence-corrected chi connectivity index (χ4v) is 2.62. The summed E-state index contributed by atoms with van der Waals surface area (Å²) in [5.74, 6) is -1.13. The minimum absolute atomic E-state index is 0.154. The zero-order valence-corrected chi connectivity index (χ0v) is 11.4. The van der Waals surface area contributed by atoms with Crippen LogP contribution in [0, 0.1) is 5.82 Å². The van der Waals surface area contributed by atoms with E-state index in [4.69, 9.17) is 5.73 Å². The van der Waals surface area contributed by atoms with Crippen LogP contribution >= 0.6 is 0 Å². The molecular weight excluding hydrogens is 269 g/mol. The molecule has 2 aromatic rings. The quantitative estimate of drug-likeness (QED) is 0.810. The first-order valence-electron chi connectivity index (χ1n) is 6.83. The van der Waals surface area contributed by atoms with Crippen LogP contribution in [0.4, 0.5) is 15.8 Å². The van der Waals surface area contributed by atoms with Gasteiger partial charge in [0.2, 0.25) is 0 Å². The van der Waals surface area contributed by atoms with Gasteiger partial charge >= 0.3 is 0 Å². The summed E-state index contributed by atoms with van der Waals surface area (Å²) >= 11 is 0. The van der Waals surface area contributed by atoms with Crippen molar-refractivity contribution in [2.75, 3.05) is 11.9 Å². The summed E-state index contributed by atoms with van der Waals surface area (Å²) in [6.45, 7) is 1.74. The Bertz CT molecular complexity index is 700. The molecule has 0 spiro atoms. The Morgan fingerprint density at radius 3 is 2.90 bits per heavy atom. The molecule has 0 atom stereocenters. The van der Waals surface area contributed by atoms with Crippen LogP contribution in [0.1, 0.15) is 21.5 Å². The number of carbonyl (C=O) groups excluding carboxylic acids is 1. The van der Waals surface area contributed by atoms with Gasteiger partial charge in [0.1, 0.15) is 5.82 Å². The SMILES string of the molecule is NC(=O)c1cc(F)ccc1Nc1cccc2c1CCNC2. The van der Waals surface area contributed by atoms with E-state index in [0.717, 1.165) is 31.3 Å². The first-order chi connectivity index (χ1) is 10.1. The summed E-state index contributed by atoms with van der Waals surface area (Å²) in [6.07, 6.45) is 0.908. The summed E-state index contributed by atoms with van der Waals surface area (Å²) in [7, 11) is 0. The lowest BCUT2D eigenvalue weighted by Crippen LogP contribution is -2.24. The first-order valence-corrected chi connectivity index (χ1v) is 6.83. The molecule has 1 aliphatic heterocycles. The van der Waals surface area contributed by atoms with E-state index >= 15 is 0 Å². The van der Waals surface area contributed by atoms with Gasteiger partial charge in [0, 0.05) is 12.2 Å². The molecule has 4 nitrogen and oxygen atoms in total. The van der Waals surface area contributed by atoms with Crippen molar-refractivity contribution in [1.29, 1.82) is 0 Å². The fourth-order valence-electron chi connectivity index (χ4n) is 2.62. The van der Waals surface area contributed by atoms with Crippen molar-refractivity contribution >= 4 is 17.3 Å². The Labute approximate surface area is 122 Å². The van der Waals surface area contributed by atoms with Gasteiger partial charge in [-0.1, -0.05) is 12.1 Å². The third-order valence-electron chi connectivity index (χ3n) is 3.66. The molecule has 1 heterocycles. The summed E-state index contributed by atoms with van der Waals surface area (Å²) in [4.78, 5) is 11.5. The third-order valence-corrected chi connectivity index (χ3v) is 3.66. The minimum atomic E-state index is -0.650. The number of halogens is 1. The predicted octanol–water partition coefficient (Wildman–Crippen LogP) is 2.31. The average molecular weight is 285 g/mol. The zero-order valence-electron chi connectivity index (χ0n) is 11.4. The second-order valence-electron chi connectivity index (χ2n) is 5.05. The number of amides is 1. The molecule has 0 unspecified atom stereocenters. The van der Waals surface area contributed by atoms with Gasteiger partial charge in [-0.3, -0.25) is 4.79 Å². The lowest BCUT2D eigenvalue weighted by atomic mass is 9.98. The highest BCUT2D eigenvalue weighted by Crippen LogP contribution is 2.28. The largest absolute Gasteiger partial charge is 0.366 e. The smallest absolute Gasteiger partial charge is 0.250 e. The molecular formula is C16H16FN3O. The molecule has 0 aromatic heterocycles. The van der Waals surface area contributed by atoms with E-state index in [1.165, 1.54) is 23.3 Å². The molecule has 21 heavy (non-hydrogen) atoms. The summed E-state index contributed by atoms with van der Waals surface area (Å²) in [5, 5.41) is 6.53. The lowest BCUT2D eigenvalue weighted by Gasteiger charge is -2.21. The molecule has 0 bridgehead atoms. The van der Waals surface area contributed by atoms with Crippen molar-refractivity contribution in [3.63, 3.8) is 0 Å². The number of primary amides is 1. The molecule has 2 aromatic carbocycles. The van der Waals surface area contributed by atoms with Crippen molar-refractivity contribution in [3.05, 3.63) is 58.9 Å². The second-order valence-corrected chi connectivity index (χ2v) is 5.05. The Kier molecular flexibility index (Phi) is 3.58. The summed E-state index contributed by atoms with van der Waals surface area (Å²) in [6, 6.07) is 10.00. The van der Waals surface area contributed by atoms with Crippen LogP contribution in [0.15, 0.2) is 36.4 Å². The van der Waals surface area contributed by atoms with Crippen molar-refractivity contribution < 1.29 is 9.18 Å². The van der Waals surface area contributed by atoms with Crippen molar-refractivity contribution in [3.8, 4) is 0 Å². The van der Waals surface area contributed by atoms with Crippen LogP contribution in [-0.4, -0.2) is 12.5 Å². The van der Waals surface area contributed by atoms with Gasteiger partial charge in [-0.15, -0.1) is 0 Å². The maximum absolute atomic E-state index is 13.3. The molecule has 4 N–H and O–H groups in total. The number of hydrogen-bond acceptors (Lipinski definition) is 3. The highest BCUT2D eigenvalue weighted by molar-refractivity contribution is 5.99. The van der Waals surface area contributed by atoms with Gasteiger partial charge in [-0.2, -0.15) is 0 Å². The van der Waals surface area contributed by atoms with Crippen LogP contribution in [0.2, 0.25) is 0 Å². The van der Waals surface area contributed by atoms with Gasteiger partial charge in [0.05, 0.1) is 11.3 Å². The molecule has 0 saturated carbocycles. The van der Waals surface area contributed by atoms with E-state index in [2.05, 4.69) is 16.7 Å². The average Bonchev–Trinajstić information content (AvgIpc) is 2.49. The Morgan fingerprint density at radius 1 is 1.24 bits per heavy atom. The Balaban J connectivity index is 2.00. The van der Waals surface area contributed by atoms with Crippen LogP contribution in [-0.2, 0) is 13.0 Å². The van der Waals surface area contributed by atoms with Gasteiger partial charge < -0.3 is 16.4 Å². The van der Waals surface area contributed by atoms with E-state index < -0.39 is 11.7 Å². The van der Waals surface area contributed by atoms with E-state index in [0.29, 0.717) is 5.69 Å². The predicted molar refractivity (Wildman–Crippen MR) is 80.1 cm³/mol. The standard InChI is InChI=1S/C16H16FN3O/c17-11-4-5-15(13(8-11)16(18)21)20-14-3-1-2-10-9-19-7-6-12(10)14/h1-5,8,19-20H,6-7,9H2,(H2,18,21). The number of hydrogen-bond donors (Lipinski definition) is 3. The number of benzene rings is 2. The lowest BCUT2D eigenvalue weighted by molar-refractivity contribution is 0.100. The van der Waals surface area contributed by atoms with Crippen LogP contribution in [0.25, 0.3) is 0 Å². The molecule has 0 fully saturated rings. The molecule has 0 radical (unpaired) electrons. The third kappa shape index (κ3) is 2.73. The normalized spacial score (nSPS) is 13.6. The highest BCUT2D eigenvalue weighted by Gasteiger charge is 2.15. The maximum atomic E-state index is 13.3. The van der Waals surface area contributed by atoms with Gasteiger partial charge in [0.15, 0.2) is 0 Å². The van der Waals surface area contributed by atoms with E-state index in [1.54, 1.807) is 0 Å². The number of rotatable bonds is 3. The molecule has 3 rings (SSSR count). The van der Waals surface area contributed by atoms with Gasteiger partial charge in [-0.05, 0) is 48.4 Å². The van der Waals surface area contributed by atoms with E-state index in [-0.39, 0.29) is 5.56 Å². The topological polar surface area (TPSA) is 67.2 Å². The number of anilines is 2. The molecule has 1 amide bonds. The van der Waals surface area contributed by atoms with Crippen molar-refractivity contribution in [2.45, 2.75) is 13.0 Å². The maximum Gasteiger partial charge on any atom is 0.250 e. The van der Waals surface area contributed by atoms with Crippen molar-refractivity contribution in [2.24, 2.45) is 5.73 Å². The molecule has 1 aliphatic rings. The Morgan fingerprint density at radius 2 is 2.10 bits per heavy atom. The fraction of sp³-hybridized carbons (Fsp3) is 0.188. The molecule has 108 valence electrons. The van der Waals surface area contributed by atoms with E-state index in [9.17, 15) is 9.18 Å².